The van der Waals surface area contributed by atoms with E-state index in [0.29, 0.717) is 6.42 Å². The Labute approximate surface area is 199 Å². The van der Waals surface area contributed by atoms with Crippen molar-refractivity contribution in [3.63, 3.8) is 0 Å². The van der Waals surface area contributed by atoms with Crippen LogP contribution in [0.1, 0.15) is 63.9 Å². The highest BCUT2D eigenvalue weighted by atomic mass is 19.4. The van der Waals surface area contributed by atoms with Gasteiger partial charge >= 0.3 is 12.1 Å². The normalized spacial score (nSPS) is 21.6. The topological polar surface area (TPSA) is 70.1 Å². The van der Waals surface area contributed by atoms with E-state index in [0.717, 1.165) is 57.1 Å². The molecule has 0 bridgehead atoms. The number of piperidine rings is 1. The molecule has 0 aromatic heterocycles. The van der Waals surface area contributed by atoms with Gasteiger partial charge in [-0.05, 0) is 63.5 Å². The van der Waals surface area contributed by atoms with Crippen molar-refractivity contribution in [3.05, 3.63) is 29.8 Å². The zero-order valence-electron chi connectivity index (χ0n) is 19.9. The summed E-state index contributed by atoms with van der Waals surface area (Å²) in [6.45, 7) is 9.26. The summed E-state index contributed by atoms with van der Waals surface area (Å²) in [6.07, 6.45) is 1.51. The quantitative estimate of drug-likeness (QED) is 0.635. The van der Waals surface area contributed by atoms with Crippen molar-refractivity contribution >= 4 is 11.9 Å². The third-order valence-corrected chi connectivity index (χ3v) is 7.06. The summed E-state index contributed by atoms with van der Waals surface area (Å²) in [5.74, 6) is -0.239. The summed E-state index contributed by atoms with van der Waals surface area (Å²) in [7, 11) is 0. The molecule has 0 radical (unpaired) electrons. The van der Waals surface area contributed by atoms with Gasteiger partial charge in [-0.3, -0.25) is 4.79 Å². The van der Waals surface area contributed by atoms with E-state index >= 15 is 0 Å². The SMILES string of the molecule is CCN(CC)C(=O)CC1CC2(CCN(CC3CC3)CC2)Oc2ccccc21.O=C(O)C(F)(F)F. The van der Waals surface area contributed by atoms with Gasteiger partial charge in [-0.2, -0.15) is 13.2 Å². The number of carboxylic acid groups (broad SMARTS) is 1. The zero-order valence-corrected chi connectivity index (χ0v) is 19.9. The molecule has 1 aromatic carbocycles. The van der Waals surface area contributed by atoms with Gasteiger partial charge in [0.1, 0.15) is 11.4 Å². The number of carbonyl (C=O) groups is 2. The van der Waals surface area contributed by atoms with Gasteiger partial charge in [0, 0.05) is 45.1 Å². The van der Waals surface area contributed by atoms with Crippen molar-refractivity contribution in [2.24, 2.45) is 5.92 Å². The fraction of sp³-hybridized carbons (Fsp3) is 0.680. The van der Waals surface area contributed by atoms with Crippen LogP contribution in [0.15, 0.2) is 24.3 Å². The van der Waals surface area contributed by atoms with Crippen LogP contribution in [0.3, 0.4) is 0 Å². The first-order valence-corrected chi connectivity index (χ1v) is 12.1. The van der Waals surface area contributed by atoms with Crippen LogP contribution in [0.5, 0.6) is 5.75 Å². The van der Waals surface area contributed by atoms with Crippen LogP contribution in [0.25, 0.3) is 0 Å². The van der Waals surface area contributed by atoms with Crippen molar-refractivity contribution in [1.29, 1.82) is 0 Å². The Morgan fingerprint density at radius 3 is 2.26 bits per heavy atom. The number of likely N-dealkylation sites (tertiary alicyclic amines) is 1. The minimum Gasteiger partial charge on any atom is -0.487 e. The lowest BCUT2D eigenvalue weighted by Crippen LogP contribution is -2.51. The van der Waals surface area contributed by atoms with Gasteiger partial charge < -0.3 is 19.6 Å². The third kappa shape index (κ3) is 6.87. The first-order valence-electron chi connectivity index (χ1n) is 12.1. The van der Waals surface area contributed by atoms with Gasteiger partial charge in [0.2, 0.25) is 5.91 Å². The van der Waals surface area contributed by atoms with E-state index < -0.39 is 12.1 Å². The largest absolute Gasteiger partial charge is 0.490 e. The molecule has 1 atom stereocenters. The molecule has 3 aliphatic rings. The van der Waals surface area contributed by atoms with Crippen LogP contribution in [-0.4, -0.2) is 71.3 Å². The van der Waals surface area contributed by atoms with E-state index in [-0.39, 0.29) is 17.4 Å². The van der Waals surface area contributed by atoms with E-state index in [1.165, 1.54) is 24.9 Å². The van der Waals surface area contributed by atoms with Crippen molar-refractivity contribution < 1.29 is 32.6 Å². The molecule has 1 aromatic rings. The highest BCUT2D eigenvalue weighted by Crippen LogP contribution is 2.47. The fourth-order valence-corrected chi connectivity index (χ4v) is 4.96. The van der Waals surface area contributed by atoms with Crippen LogP contribution < -0.4 is 4.74 Å². The second-order valence-electron chi connectivity index (χ2n) is 9.54. The summed E-state index contributed by atoms with van der Waals surface area (Å²) < 4.78 is 38.3. The molecule has 1 saturated heterocycles. The van der Waals surface area contributed by atoms with Crippen molar-refractivity contribution in [2.75, 3.05) is 32.7 Å². The molecule has 1 amide bonds. The number of halogens is 3. The first-order chi connectivity index (χ1) is 16.1. The standard InChI is InChI=1S/C23H34N2O2.C2HF3O2/c1-3-25(4-2)22(26)15-19-16-23(27-21-8-6-5-7-20(19)21)11-13-24(14-12-23)17-18-9-10-18;3-2(4,5)1(6)7/h5-8,18-19H,3-4,9-17H2,1-2H3;(H,6,7). The third-order valence-electron chi connectivity index (χ3n) is 7.06. The number of ether oxygens (including phenoxy) is 1. The van der Waals surface area contributed by atoms with E-state index in [1.807, 2.05) is 4.90 Å². The van der Waals surface area contributed by atoms with Crippen molar-refractivity contribution in [2.45, 2.75) is 70.1 Å². The van der Waals surface area contributed by atoms with E-state index in [1.54, 1.807) is 0 Å². The summed E-state index contributed by atoms with van der Waals surface area (Å²) in [5.41, 5.74) is 1.15. The molecule has 1 aliphatic carbocycles. The summed E-state index contributed by atoms with van der Waals surface area (Å²) in [6, 6.07) is 8.39. The van der Waals surface area contributed by atoms with Gasteiger partial charge in [0.05, 0.1) is 0 Å². The number of alkyl halides is 3. The molecule has 1 spiro atoms. The van der Waals surface area contributed by atoms with Crippen LogP contribution in [0.4, 0.5) is 13.2 Å². The minimum absolute atomic E-state index is 0.0807. The molecule has 9 heteroatoms. The van der Waals surface area contributed by atoms with E-state index in [9.17, 15) is 18.0 Å². The second-order valence-corrected chi connectivity index (χ2v) is 9.54. The molecule has 2 aliphatic heterocycles. The van der Waals surface area contributed by atoms with Gasteiger partial charge in [-0.15, -0.1) is 0 Å². The number of fused-ring (bicyclic) bond motifs is 1. The number of nitrogens with zero attached hydrogens (tertiary/aromatic N) is 2. The Hall–Kier alpha value is -2.29. The molecule has 190 valence electrons. The van der Waals surface area contributed by atoms with Gasteiger partial charge in [0.15, 0.2) is 0 Å². The predicted molar refractivity (Wildman–Crippen MR) is 122 cm³/mol. The number of para-hydroxylation sites is 1. The van der Waals surface area contributed by atoms with Gasteiger partial charge in [-0.1, -0.05) is 18.2 Å². The Morgan fingerprint density at radius 2 is 1.74 bits per heavy atom. The number of amides is 1. The minimum atomic E-state index is -5.08. The molecule has 2 fully saturated rings. The lowest BCUT2D eigenvalue weighted by atomic mass is 9.76. The lowest BCUT2D eigenvalue weighted by Gasteiger charge is -2.47. The van der Waals surface area contributed by atoms with Gasteiger partial charge in [-0.25, -0.2) is 4.79 Å². The number of carbonyl (C=O) groups excluding carboxylic acids is 1. The lowest BCUT2D eigenvalue weighted by molar-refractivity contribution is -0.192. The Morgan fingerprint density at radius 1 is 1.15 bits per heavy atom. The molecule has 4 rings (SSSR count). The Kier molecular flexibility index (Phi) is 8.49. The molecular weight excluding hydrogens is 449 g/mol. The molecule has 1 saturated carbocycles. The van der Waals surface area contributed by atoms with Crippen molar-refractivity contribution in [1.82, 2.24) is 9.80 Å². The van der Waals surface area contributed by atoms with E-state index in [4.69, 9.17) is 14.6 Å². The van der Waals surface area contributed by atoms with Crippen LogP contribution in [0, 0.1) is 5.92 Å². The number of rotatable bonds is 6. The van der Waals surface area contributed by atoms with Crippen molar-refractivity contribution in [3.8, 4) is 5.75 Å². The molecule has 6 nitrogen and oxygen atoms in total. The smallest absolute Gasteiger partial charge is 0.487 e. The zero-order chi connectivity index (χ0) is 24.9. The van der Waals surface area contributed by atoms with Gasteiger partial charge in [0.25, 0.3) is 0 Å². The average molecular weight is 485 g/mol. The molecule has 1 unspecified atom stereocenters. The average Bonchev–Trinajstić information content (AvgIpc) is 3.60. The second kappa shape index (κ2) is 11.0. The monoisotopic (exact) mass is 484 g/mol. The number of carboxylic acids is 1. The maximum Gasteiger partial charge on any atom is 0.490 e. The highest BCUT2D eigenvalue weighted by molar-refractivity contribution is 5.77. The molecule has 2 heterocycles. The van der Waals surface area contributed by atoms with Crippen LogP contribution in [-0.2, 0) is 9.59 Å². The fourth-order valence-electron chi connectivity index (χ4n) is 4.96. The van der Waals surface area contributed by atoms with Crippen LogP contribution in [0.2, 0.25) is 0 Å². The highest BCUT2D eigenvalue weighted by Gasteiger charge is 2.44. The summed E-state index contributed by atoms with van der Waals surface area (Å²) in [5, 5.41) is 7.12. The summed E-state index contributed by atoms with van der Waals surface area (Å²) in [4.78, 5) is 26.3. The number of hydrogen-bond donors (Lipinski definition) is 1. The molecular formula is C25H35F3N2O4. The summed E-state index contributed by atoms with van der Waals surface area (Å²) >= 11 is 0. The predicted octanol–water partition coefficient (Wildman–Crippen LogP) is 4.69. The number of aliphatic carboxylic acids is 1. The Bertz CT molecular complexity index is 845. The maximum atomic E-state index is 12.8. The molecule has 1 N–H and O–H groups in total. The molecule has 34 heavy (non-hydrogen) atoms. The maximum absolute atomic E-state index is 12.8. The van der Waals surface area contributed by atoms with E-state index in [2.05, 4.69) is 43.0 Å². The van der Waals surface area contributed by atoms with Crippen LogP contribution >= 0.6 is 0 Å². The number of benzene rings is 1. The first kappa shape index (κ1) is 26.3. The number of hydrogen-bond acceptors (Lipinski definition) is 4. The Balaban J connectivity index is 0.000000406.